The number of aryl methyl sites for hydroxylation is 2. The van der Waals surface area contributed by atoms with Gasteiger partial charge in [-0.2, -0.15) is 0 Å². The first-order valence-electron chi connectivity index (χ1n) is 7.96. The Labute approximate surface area is 166 Å². The molecule has 0 atom stereocenters. The molecular formula is C19H26IN3O2. The molecule has 3 N–H and O–H groups in total. The number of nitrogens with zero attached hydrogens (tertiary/aromatic N) is 1. The maximum absolute atomic E-state index is 5.98. The Morgan fingerprint density at radius 3 is 2.36 bits per heavy atom. The van der Waals surface area contributed by atoms with Crippen LogP contribution in [0.1, 0.15) is 23.6 Å². The number of ether oxygens (including phenoxy) is 2. The molecule has 0 fully saturated rings. The van der Waals surface area contributed by atoms with Crippen LogP contribution in [0, 0.1) is 13.8 Å². The second kappa shape index (κ2) is 10.1. The molecule has 0 saturated carbocycles. The van der Waals surface area contributed by atoms with Crippen molar-refractivity contribution in [1.29, 1.82) is 0 Å². The average Bonchev–Trinajstić information content (AvgIpc) is 2.53. The summed E-state index contributed by atoms with van der Waals surface area (Å²) < 4.78 is 10.9. The van der Waals surface area contributed by atoms with Gasteiger partial charge in [-0.15, -0.1) is 24.0 Å². The number of nitrogens with one attached hydrogen (secondary N) is 1. The molecule has 0 aromatic heterocycles. The van der Waals surface area contributed by atoms with Crippen molar-refractivity contribution in [2.24, 2.45) is 10.7 Å². The molecule has 0 heterocycles. The van der Waals surface area contributed by atoms with Gasteiger partial charge in [0.2, 0.25) is 0 Å². The average molecular weight is 455 g/mol. The summed E-state index contributed by atoms with van der Waals surface area (Å²) in [5.41, 5.74) is 10.3. The summed E-state index contributed by atoms with van der Waals surface area (Å²) in [6, 6.07) is 12.0. The number of aliphatic imine (C=N–C) groups is 1. The van der Waals surface area contributed by atoms with Crippen molar-refractivity contribution < 1.29 is 9.47 Å². The predicted molar refractivity (Wildman–Crippen MR) is 114 cm³/mol. The molecule has 0 spiro atoms. The van der Waals surface area contributed by atoms with E-state index in [-0.39, 0.29) is 24.0 Å². The topological polar surface area (TPSA) is 68.9 Å². The van der Waals surface area contributed by atoms with E-state index in [2.05, 4.69) is 30.2 Å². The summed E-state index contributed by atoms with van der Waals surface area (Å²) in [5.74, 6) is 1.81. The fourth-order valence-corrected chi connectivity index (χ4v) is 2.50. The molecule has 0 aliphatic rings. The molecule has 25 heavy (non-hydrogen) atoms. The number of methoxy groups -OCH3 is 1. The van der Waals surface area contributed by atoms with Crippen LogP contribution in [-0.4, -0.2) is 19.7 Å². The molecule has 0 aliphatic heterocycles. The van der Waals surface area contributed by atoms with Crippen molar-refractivity contribution in [3.05, 3.63) is 53.1 Å². The largest absolute Gasteiger partial charge is 0.493 e. The molecule has 0 bridgehead atoms. The third kappa shape index (κ3) is 6.45. The Morgan fingerprint density at radius 2 is 1.76 bits per heavy atom. The Hall–Kier alpha value is -1.96. The fourth-order valence-electron chi connectivity index (χ4n) is 2.50. The van der Waals surface area contributed by atoms with Crippen LogP contribution in [0.5, 0.6) is 11.5 Å². The van der Waals surface area contributed by atoms with Gasteiger partial charge in [-0.3, -0.25) is 0 Å². The van der Waals surface area contributed by atoms with Crippen molar-refractivity contribution in [1.82, 2.24) is 0 Å². The van der Waals surface area contributed by atoms with Crippen LogP contribution in [-0.2, 0) is 6.54 Å². The molecule has 0 aliphatic carbocycles. The Kier molecular flexibility index (Phi) is 8.54. The Balaban J connectivity index is 0.00000312. The van der Waals surface area contributed by atoms with Crippen molar-refractivity contribution in [3.63, 3.8) is 0 Å². The first-order valence-corrected chi connectivity index (χ1v) is 7.96. The lowest BCUT2D eigenvalue weighted by atomic mass is 10.1. The van der Waals surface area contributed by atoms with Gasteiger partial charge in [-0.05, 0) is 61.7 Å². The highest BCUT2D eigenvalue weighted by atomic mass is 127. The van der Waals surface area contributed by atoms with Crippen LogP contribution in [0.2, 0.25) is 0 Å². The van der Waals surface area contributed by atoms with Gasteiger partial charge < -0.3 is 20.5 Å². The predicted octanol–water partition coefficient (Wildman–Crippen LogP) is 4.26. The zero-order valence-electron chi connectivity index (χ0n) is 15.1. The number of hydrogen-bond donors (Lipinski definition) is 2. The van der Waals surface area contributed by atoms with Crippen LogP contribution in [0.4, 0.5) is 5.69 Å². The summed E-state index contributed by atoms with van der Waals surface area (Å²) in [6.07, 6.45) is 0. The molecule has 6 heteroatoms. The summed E-state index contributed by atoms with van der Waals surface area (Å²) in [6.45, 7) is 7.11. The van der Waals surface area contributed by atoms with Crippen LogP contribution in [0.25, 0.3) is 0 Å². The van der Waals surface area contributed by atoms with Gasteiger partial charge >= 0.3 is 0 Å². The highest BCUT2D eigenvalue weighted by Crippen LogP contribution is 2.28. The molecule has 2 aromatic rings. The van der Waals surface area contributed by atoms with Gasteiger partial charge in [0.1, 0.15) is 0 Å². The highest BCUT2D eigenvalue weighted by Gasteiger charge is 2.05. The van der Waals surface area contributed by atoms with Crippen molar-refractivity contribution in [2.45, 2.75) is 27.3 Å². The van der Waals surface area contributed by atoms with E-state index in [4.69, 9.17) is 15.2 Å². The van der Waals surface area contributed by atoms with Crippen LogP contribution in [0.3, 0.4) is 0 Å². The Bertz CT molecular complexity index is 712. The van der Waals surface area contributed by atoms with E-state index in [1.165, 1.54) is 11.1 Å². The molecule has 0 amide bonds. The standard InChI is InChI=1S/C19H25N3O2.HI/c1-5-24-17-7-6-15(11-18(17)23-4)12-21-19(20)22-16-9-13(2)8-14(3)10-16;/h6-11H,5,12H2,1-4H3,(H3,20,21,22);1H. The lowest BCUT2D eigenvalue weighted by Gasteiger charge is -2.11. The van der Waals surface area contributed by atoms with Crippen molar-refractivity contribution >= 4 is 35.6 Å². The number of nitrogens with two attached hydrogens (primary N) is 1. The van der Waals surface area contributed by atoms with Gasteiger partial charge in [-0.25, -0.2) is 4.99 Å². The van der Waals surface area contributed by atoms with Gasteiger partial charge in [0.25, 0.3) is 0 Å². The minimum Gasteiger partial charge on any atom is -0.493 e. The maximum Gasteiger partial charge on any atom is 0.193 e. The Morgan fingerprint density at radius 1 is 1.08 bits per heavy atom. The summed E-state index contributed by atoms with van der Waals surface area (Å²) in [7, 11) is 1.63. The second-order valence-electron chi connectivity index (χ2n) is 5.62. The van der Waals surface area contributed by atoms with Crippen molar-refractivity contribution in [3.8, 4) is 11.5 Å². The van der Waals surface area contributed by atoms with Crippen LogP contribution in [0.15, 0.2) is 41.4 Å². The quantitative estimate of drug-likeness (QED) is 0.388. The number of anilines is 1. The lowest BCUT2D eigenvalue weighted by Crippen LogP contribution is -2.22. The second-order valence-corrected chi connectivity index (χ2v) is 5.62. The van der Waals surface area contributed by atoms with Crippen LogP contribution >= 0.6 is 24.0 Å². The molecule has 0 radical (unpaired) electrons. The van der Waals surface area contributed by atoms with E-state index in [9.17, 15) is 0 Å². The number of rotatable bonds is 6. The third-order valence-corrected chi connectivity index (χ3v) is 3.45. The SMILES string of the molecule is CCOc1ccc(CN=C(N)Nc2cc(C)cc(C)c2)cc1OC.I. The van der Waals surface area contributed by atoms with Gasteiger partial charge in [0.15, 0.2) is 17.5 Å². The van der Waals surface area contributed by atoms with E-state index in [1.807, 2.05) is 37.3 Å². The fraction of sp³-hybridized carbons (Fsp3) is 0.316. The number of halogens is 1. The molecule has 5 nitrogen and oxygen atoms in total. The molecule has 0 saturated heterocycles. The number of guanidine groups is 1. The zero-order valence-corrected chi connectivity index (χ0v) is 17.5. The van der Waals surface area contributed by atoms with E-state index < -0.39 is 0 Å². The minimum absolute atomic E-state index is 0. The third-order valence-electron chi connectivity index (χ3n) is 3.45. The van der Waals surface area contributed by atoms with E-state index >= 15 is 0 Å². The first kappa shape index (κ1) is 21.1. The molecule has 2 rings (SSSR count). The number of benzene rings is 2. The van der Waals surface area contributed by atoms with E-state index in [0.717, 1.165) is 17.0 Å². The number of hydrogen-bond acceptors (Lipinski definition) is 3. The maximum atomic E-state index is 5.98. The summed E-state index contributed by atoms with van der Waals surface area (Å²) in [5, 5.41) is 3.13. The highest BCUT2D eigenvalue weighted by molar-refractivity contribution is 14.0. The van der Waals surface area contributed by atoms with Gasteiger partial charge in [0, 0.05) is 5.69 Å². The monoisotopic (exact) mass is 455 g/mol. The molecule has 2 aromatic carbocycles. The van der Waals surface area contributed by atoms with Gasteiger partial charge in [0.05, 0.1) is 20.3 Å². The normalized spacial score (nSPS) is 10.8. The summed E-state index contributed by atoms with van der Waals surface area (Å²) in [4.78, 5) is 4.39. The smallest absolute Gasteiger partial charge is 0.193 e. The molecule has 136 valence electrons. The minimum atomic E-state index is 0. The van der Waals surface area contributed by atoms with Crippen LogP contribution < -0.4 is 20.5 Å². The lowest BCUT2D eigenvalue weighted by molar-refractivity contribution is 0.310. The molecule has 0 unspecified atom stereocenters. The van der Waals surface area contributed by atoms with E-state index in [1.54, 1.807) is 7.11 Å². The van der Waals surface area contributed by atoms with Gasteiger partial charge in [-0.1, -0.05) is 12.1 Å². The summed E-state index contributed by atoms with van der Waals surface area (Å²) >= 11 is 0. The first-order chi connectivity index (χ1) is 11.5. The molecular weight excluding hydrogens is 429 g/mol. The zero-order chi connectivity index (χ0) is 17.5. The van der Waals surface area contributed by atoms with Crippen molar-refractivity contribution in [2.75, 3.05) is 19.0 Å². The van der Waals surface area contributed by atoms with E-state index in [0.29, 0.717) is 24.9 Å².